The zero-order chi connectivity index (χ0) is 25.2. The Kier molecular flexibility index (Phi) is 11.7. The second-order valence-corrected chi connectivity index (χ2v) is 7.67. The molecular weight excluding hydrogens is 443 g/mol. The first kappa shape index (κ1) is 28.8. The summed E-state index contributed by atoms with van der Waals surface area (Å²) in [7, 11) is 0. The molecule has 1 heterocycles. The van der Waals surface area contributed by atoms with Gasteiger partial charge in [0.15, 0.2) is 12.4 Å². The minimum atomic E-state index is -2.97. The third-order valence-electron chi connectivity index (χ3n) is 5.16. The van der Waals surface area contributed by atoms with Gasteiger partial charge >= 0.3 is 29.5 Å². The number of esters is 4. The minimum absolute atomic E-state index is 0.0780. The highest BCUT2D eigenvalue weighted by atomic mass is 19.1. The molecule has 1 unspecified atom stereocenters. The number of hydrogen-bond acceptors (Lipinski definition) is 10. The van der Waals surface area contributed by atoms with Crippen molar-refractivity contribution in [2.75, 3.05) is 19.8 Å². The summed E-state index contributed by atoms with van der Waals surface area (Å²) in [5.74, 6) is -4.11. The SMILES string of the molecule is CCOC(=O)C(F)(CCCOC1O[C@H](CC)[C@@H](C)[C@H](OC(C)=O)[C@H]1OC(C)=O)C(=O)OCC. The van der Waals surface area contributed by atoms with Gasteiger partial charge in [0.25, 0.3) is 0 Å². The molecule has 0 aliphatic carbocycles. The lowest BCUT2D eigenvalue weighted by Crippen LogP contribution is -2.57. The molecule has 190 valence electrons. The minimum Gasteiger partial charge on any atom is -0.463 e. The van der Waals surface area contributed by atoms with Crippen molar-refractivity contribution in [3.63, 3.8) is 0 Å². The molecule has 5 atom stereocenters. The van der Waals surface area contributed by atoms with Gasteiger partial charge in [-0.2, -0.15) is 0 Å². The van der Waals surface area contributed by atoms with E-state index in [4.69, 9.17) is 18.9 Å². The van der Waals surface area contributed by atoms with E-state index < -0.39 is 54.5 Å². The zero-order valence-corrected chi connectivity index (χ0v) is 20.1. The first-order valence-corrected chi connectivity index (χ1v) is 11.2. The highest BCUT2D eigenvalue weighted by molar-refractivity contribution is 6.03. The van der Waals surface area contributed by atoms with E-state index in [-0.39, 0.29) is 38.3 Å². The third kappa shape index (κ3) is 7.92. The van der Waals surface area contributed by atoms with Gasteiger partial charge in [-0.25, -0.2) is 14.0 Å². The summed E-state index contributed by atoms with van der Waals surface area (Å²) in [4.78, 5) is 47.4. The van der Waals surface area contributed by atoms with E-state index in [2.05, 4.69) is 9.47 Å². The number of alkyl halides is 1. The maximum absolute atomic E-state index is 15.2. The summed E-state index contributed by atoms with van der Waals surface area (Å²) >= 11 is 0. The molecule has 0 radical (unpaired) electrons. The Labute approximate surface area is 193 Å². The van der Waals surface area contributed by atoms with Crippen LogP contribution in [0, 0.1) is 5.92 Å². The van der Waals surface area contributed by atoms with Crippen LogP contribution in [0.5, 0.6) is 0 Å². The summed E-state index contributed by atoms with van der Waals surface area (Å²) in [5.41, 5.74) is -2.97. The summed E-state index contributed by atoms with van der Waals surface area (Å²) < 4.78 is 46.9. The molecule has 0 amide bonds. The number of hydrogen-bond donors (Lipinski definition) is 0. The van der Waals surface area contributed by atoms with Gasteiger partial charge in [-0.05, 0) is 26.7 Å². The van der Waals surface area contributed by atoms with Crippen molar-refractivity contribution in [2.45, 2.75) is 91.1 Å². The van der Waals surface area contributed by atoms with Gasteiger partial charge in [-0.1, -0.05) is 13.8 Å². The lowest BCUT2D eigenvalue weighted by Gasteiger charge is -2.44. The predicted molar refractivity (Wildman–Crippen MR) is 112 cm³/mol. The number of halogens is 1. The fourth-order valence-electron chi connectivity index (χ4n) is 3.62. The van der Waals surface area contributed by atoms with Gasteiger partial charge in [0.2, 0.25) is 0 Å². The van der Waals surface area contributed by atoms with Crippen LogP contribution in [0.3, 0.4) is 0 Å². The fourth-order valence-corrected chi connectivity index (χ4v) is 3.62. The van der Waals surface area contributed by atoms with Gasteiger partial charge < -0.3 is 28.4 Å². The first-order valence-electron chi connectivity index (χ1n) is 11.2. The number of ether oxygens (including phenoxy) is 6. The molecule has 0 aromatic rings. The van der Waals surface area contributed by atoms with E-state index in [0.717, 1.165) is 0 Å². The summed E-state index contributed by atoms with van der Waals surface area (Å²) in [6.07, 6.45) is -3.36. The van der Waals surface area contributed by atoms with Crippen molar-refractivity contribution in [1.82, 2.24) is 0 Å². The second kappa shape index (κ2) is 13.4. The van der Waals surface area contributed by atoms with Gasteiger partial charge in [-0.15, -0.1) is 0 Å². The average molecular weight is 479 g/mol. The maximum atomic E-state index is 15.2. The molecule has 0 spiro atoms. The largest absolute Gasteiger partial charge is 0.463 e. The topological polar surface area (TPSA) is 124 Å². The Bertz CT molecular complexity index is 664. The Morgan fingerprint density at radius 1 is 0.909 bits per heavy atom. The molecule has 0 N–H and O–H groups in total. The van der Waals surface area contributed by atoms with Gasteiger partial charge in [0.1, 0.15) is 6.10 Å². The van der Waals surface area contributed by atoms with E-state index in [9.17, 15) is 19.2 Å². The second-order valence-electron chi connectivity index (χ2n) is 7.67. The average Bonchev–Trinajstić information content (AvgIpc) is 2.74. The van der Waals surface area contributed by atoms with Crippen molar-refractivity contribution in [1.29, 1.82) is 0 Å². The lowest BCUT2D eigenvalue weighted by atomic mass is 9.89. The molecule has 1 aliphatic heterocycles. The third-order valence-corrected chi connectivity index (χ3v) is 5.16. The van der Waals surface area contributed by atoms with Gasteiger partial charge in [0, 0.05) is 26.2 Å². The summed E-state index contributed by atoms with van der Waals surface area (Å²) in [6.45, 7) is 8.77. The van der Waals surface area contributed by atoms with Crippen LogP contribution in [-0.4, -0.2) is 74.0 Å². The van der Waals surface area contributed by atoms with E-state index in [1.807, 2.05) is 13.8 Å². The van der Waals surface area contributed by atoms with Crippen LogP contribution in [0.1, 0.15) is 60.8 Å². The van der Waals surface area contributed by atoms with E-state index >= 15 is 4.39 Å². The molecule has 1 saturated heterocycles. The van der Waals surface area contributed by atoms with E-state index in [1.165, 1.54) is 27.7 Å². The van der Waals surface area contributed by atoms with E-state index in [1.54, 1.807) is 0 Å². The zero-order valence-electron chi connectivity index (χ0n) is 20.1. The molecular formula is C22H35FO10. The number of carbonyl (C=O) groups is 4. The Hall–Kier alpha value is -2.27. The number of rotatable bonds is 12. The van der Waals surface area contributed by atoms with Crippen molar-refractivity contribution in [3.8, 4) is 0 Å². The van der Waals surface area contributed by atoms with Gasteiger partial charge in [0.05, 0.1) is 25.9 Å². The molecule has 1 rings (SSSR count). The van der Waals surface area contributed by atoms with Crippen LogP contribution < -0.4 is 0 Å². The predicted octanol–water partition coefficient (Wildman–Crippen LogP) is 2.25. The van der Waals surface area contributed by atoms with Crippen molar-refractivity contribution in [3.05, 3.63) is 0 Å². The van der Waals surface area contributed by atoms with Crippen LogP contribution in [-0.2, 0) is 47.6 Å². The summed E-state index contributed by atoms with van der Waals surface area (Å²) in [5, 5.41) is 0. The fraction of sp³-hybridized carbons (Fsp3) is 0.818. The van der Waals surface area contributed by atoms with Crippen molar-refractivity contribution >= 4 is 23.9 Å². The Balaban J connectivity index is 2.93. The maximum Gasteiger partial charge on any atom is 0.355 e. The van der Waals surface area contributed by atoms with Crippen LogP contribution in [0.2, 0.25) is 0 Å². The van der Waals surface area contributed by atoms with Crippen molar-refractivity contribution < 1.29 is 52.0 Å². The standard InChI is InChI=1S/C22H35FO10/c1-7-16-13(4)17(31-14(5)24)18(32-15(6)25)19(33-16)30-12-10-11-22(23,20(26)28-8-2)21(27)29-9-3/h13,16-19H,7-12H2,1-6H3/t13-,16-,17+,18-,19?/m1/s1. The smallest absolute Gasteiger partial charge is 0.355 e. The number of carbonyl (C=O) groups excluding carboxylic acids is 4. The Morgan fingerprint density at radius 3 is 1.88 bits per heavy atom. The van der Waals surface area contributed by atoms with Crippen LogP contribution in [0.25, 0.3) is 0 Å². The van der Waals surface area contributed by atoms with Crippen LogP contribution in [0.4, 0.5) is 4.39 Å². The van der Waals surface area contributed by atoms with Crippen LogP contribution >= 0.6 is 0 Å². The molecule has 0 aromatic heterocycles. The highest BCUT2D eigenvalue weighted by Gasteiger charge is 2.50. The lowest BCUT2D eigenvalue weighted by molar-refractivity contribution is -0.290. The molecule has 1 fully saturated rings. The quantitative estimate of drug-likeness (QED) is 0.178. The van der Waals surface area contributed by atoms with E-state index in [0.29, 0.717) is 6.42 Å². The Morgan fingerprint density at radius 2 is 1.42 bits per heavy atom. The normalized spacial score (nSPS) is 25.1. The highest BCUT2D eigenvalue weighted by Crippen LogP contribution is 2.33. The van der Waals surface area contributed by atoms with Crippen molar-refractivity contribution in [2.24, 2.45) is 5.92 Å². The molecule has 0 aromatic carbocycles. The molecule has 33 heavy (non-hydrogen) atoms. The summed E-state index contributed by atoms with van der Waals surface area (Å²) in [6, 6.07) is 0. The monoisotopic (exact) mass is 478 g/mol. The molecule has 11 heteroatoms. The van der Waals surface area contributed by atoms with Gasteiger partial charge in [-0.3, -0.25) is 9.59 Å². The first-order chi connectivity index (χ1) is 15.5. The molecule has 10 nitrogen and oxygen atoms in total. The van der Waals surface area contributed by atoms with Crippen LogP contribution in [0.15, 0.2) is 0 Å². The molecule has 0 saturated carbocycles. The molecule has 0 bridgehead atoms. The molecule has 1 aliphatic rings.